The van der Waals surface area contributed by atoms with E-state index in [1.807, 2.05) is 42.5 Å². The number of hydrogen-bond donors (Lipinski definition) is 2. The van der Waals surface area contributed by atoms with Crippen molar-refractivity contribution in [2.24, 2.45) is 0 Å². The summed E-state index contributed by atoms with van der Waals surface area (Å²) in [5, 5.41) is 2.95. The summed E-state index contributed by atoms with van der Waals surface area (Å²) in [4.78, 5) is 31.3. The van der Waals surface area contributed by atoms with Crippen LogP contribution in [0.3, 0.4) is 0 Å². The van der Waals surface area contributed by atoms with Gasteiger partial charge in [0.15, 0.2) is 5.82 Å². The summed E-state index contributed by atoms with van der Waals surface area (Å²) in [6, 6.07) is 16.8. The lowest BCUT2D eigenvalue weighted by Gasteiger charge is -2.20. The highest BCUT2D eigenvalue weighted by Gasteiger charge is 2.19. The molecular formula is C30H33N7O2. The van der Waals surface area contributed by atoms with Gasteiger partial charge in [0, 0.05) is 49.4 Å². The Bertz CT molecular complexity index is 1430. The molecule has 3 N–H and O–H groups in total. The van der Waals surface area contributed by atoms with Crippen molar-refractivity contribution in [2.75, 3.05) is 51.4 Å². The molecule has 5 rings (SSSR count). The number of benzene rings is 2. The van der Waals surface area contributed by atoms with Crippen LogP contribution in [0.1, 0.15) is 22.3 Å². The number of hydrogen-bond acceptors (Lipinski definition) is 8. The zero-order valence-corrected chi connectivity index (χ0v) is 22.3. The molecule has 0 saturated carbocycles. The number of likely N-dealkylation sites (N-methyl/N-ethyl adjacent to an activating group) is 1. The monoisotopic (exact) mass is 523 g/mol. The lowest BCUT2D eigenvalue weighted by atomic mass is 10.1. The molecule has 1 amide bonds. The number of nitrogens with two attached hydrogens (primary N) is 1. The van der Waals surface area contributed by atoms with Gasteiger partial charge in [0.25, 0.3) is 5.91 Å². The Labute approximate surface area is 228 Å². The van der Waals surface area contributed by atoms with Gasteiger partial charge in [-0.25, -0.2) is 9.97 Å². The SMILES string of the molecule is COc1ccc(NC(=O)c2ccc(CN3CCCN(C)CC3)cc2)c(N)c1-c1nccc(-c2cccnc2)n1. The molecule has 1 aliphatic rings. The molecule has 0 spiro atoms. The fraction of sp³-hybridized carbons (Fsp3) is 0.267. The number of nitrogens with zero attached hydrogens (tertiary/aromatic N) is 5. The van der Waals surface area contributed by atoms with Gasteiger partial charge < -0.3 is 20.7 Å². The molecule has 2 aromatic carbocycles. The van der Waals surface area contributed by atoms with E-state index >= 15 is 0 Å². The molecule has 0 radical (unpaired) electrons. The van der Waals surface area contributed by atoms with Crippen LogP contribution in [0.5, 0.6) is 5.75 Å². The van der Waals surface area contributed by atoms with Crippen LogP contribution in [0, 0.1) is 0 Å². The summed E-state index contributed by atoms with van der Waals surface area (Å²) in [5.41, 5.74) is 11.2. The first kappa shape index (κ1) is 26.3. The van der Waals surface area contributed by atoms with E-state index in [1.54, 1.807) is 37.8 Å². The third-order valence-electron chi connectivity index (χ3n) is 6.95. The predicted molar refractivity (Wildman–Crippen MR) is 153 cm³/mol. The van der Waals surface area contributed by atoms with Crippen LogP contribution in [0.15, 0.2) is 73.2 Å². The number of nitrogens with one attached hydrogen (secondary N) is 1. The minimum Gasteiger partial charge on any atom is -0.496 e. The molecule has 1 aliphatic heterocycles. The molecule has 4 aromatic rings. The minimum atomic E-state index is -0.245. The molecule has 1 fully saturated rings. The zero-order valence-electron chi connectivity index (χ0n) is 22.3. The fourth-order valence-electron chi connectivity index (χ4n) is 4.74. The number of anilines is 2. The first-order chi connectivity index (χ1) is 19.0. The van der Waals surface area contributed by atoms with Crippen molar-refractivity contribution in [3.8, 4) is 28.4 Å². The van der Waals surface area contributed by atoms with Crippen LogP contribution in [0.4, 0.5) is 11.4 Å². The third-order valence-corrected chi connectivity index (χ3v) is 6.95. The molecule has 0 bridgehead atoms. The second-order valence-electron chi connectivity index (χ2n) is 9.70. The van der Waals surface area contributed by atoms with Gasteiger partial charge in [-0.1, -0.05) is 12.1 Å². The number of amides is 1. The van der Waals surface area contributed by atoms with Gasteiger partial charge in [0.05, 0.1) is 29.7 Å². The van der Waals surface area contributed by atoms with Crippen LogP contribution >= 0.6 is 0 Å². The molecule has 0 aliphatic carbocycles. The van der Waals surface area contributed by atoms with Gasteiger partial charge in [-0.3, -0.25) is 14.7 Å². The van der Waals surface area contributed by atoms with Crippen LogP contribution in [-0.4, -0.2) is 71.0 Å². The summed E-state index contributed by atoms with van der Waals surface area (Å²) in [7, 11) is 3.73. The number of ether oxygens (including phenoxy) is 1. The molecule has 200 valence electrons. The van der Waals surface area contributed by atoms with E-state index in [4.69, 9.17) is 15.5 Å². The summed E-state index contributed by atoms with van der Waals surface area (Å²) in [5.74, 6) is 0.662. The number of methoxy groups -OCH3 is 1. The largest absolute Gasteiger partial charge is 0.496 e. The van der Waals surface area contributed by atoms with E-state index < -0.39 is 0 Å². The van der Waals surface area contributed by atoms with Crippen molar-refractivity contribution in [1.29, 1.82) is 0 Å². The first-order valence-electron chi connectivity index (χ1n) is 13.0. The van der Waals surface area contributed by atoms with E-state index in [9.17, 15) is 4.79 Å². The maximum Gasteiger partial charge on any atom is 0.255 e. The summed E-state index contributed by atoms with van der Waals surface area (Å²) in [6.07, 6.45) is 6.28. The highest BCUT2D eigenvalue weighted by molar-refractivity contribution is 6.07. The Morgan fingerprint density at radius 1 is 1.03 bits per heavy atom. The standard InChI is InChI=1S/C30H33N7O2/c1-36-15-4-16-37(18-17-36)20-21-6-8-22(9-7-21)30(38)35-25-10-11-26(39-2)27(28(25)31)29-33-14-12-24(34-29)23-5-3-13-32-19-23/h3,5-14,19H,4,15-18,20,31H2,1-2H3,(H,35,38). The topological polar surface area (TPSA) is 110 Å². The average Bonchev–Trinajstić information content (AvgIpc) is 3.18. The number of aromatic nitrogens is 3. The van der Waals surface area contributed by atoms with E-state index in [1.165, 1.54) is 12.0 Å². The Balaban J connectivity index is 1.34. The number of pyridine rings is 1. The van der Waals surface area contributed by atoms with Crippen LogP contribution < -0.4 is 15.8 Å². The fourth-order valence-corrected chi connectivity index (χ4v) is 4.74. The molecule has 1 saturated heterocycles. The van der Waals surface area contributed by atoms with Crippen molar-refractivity contribution in [2.45, 2.75) is 13.0 Å². The van der Waals surface area contributed by atoms with Crippen molar-refractivity contribution in [3.05, 3.63) is 84.3 Å². The number of carbonyl (C=O) groups is 1. The Morgan fingerprint density at radius 3 is 2.64 bits per heavy atom. The Morgan fingerprint density at radius 2 is 1.87 bits per heavy atom. The maximum atomic E-state index is 13.1. The zero-order chi connectivity index (χ0) is 27.2. The second-order valence-corrected chi connectivity index (χ2v) is 9.70. The van der Waals surface area contributed by atoms with Gasteiger partial charge in [-0.15, -0.1) is 0 Å². The van der Waals surface area contributed by atoms with Gasteiger partial charge in [-0.05, 0) is 74.6 Å². The molecular weight excluding hydrogens is 490 g/mol. The normalized spacial score (nSPS) is 14.5. The molecule has 2 aromatic heterocycles. The van der Waals surface area contributed by atoms with Gasteiger partial charge in [0.1, 0.15) is 5.75 Å². The lowest BCUT2D eigenvalue weighted by Crippen LogP contribution is -2.28. The van der Waals surface area contributed by atoms with Gasteiger partial charge in [0.2, 0.25) is 0 Å². The quantitative estimate of drug-likeness (QED) is 0.347. The Hall–Kier alpha value is -4.34. The smallest absolute Gasteiger partial charge is 0.255 e. The third kappa shape index (κ3) is 6.22. The van der Waals surface area contributed by atoms with Crippen molar-refractivity contribution < 1.29 is 9.53 Å². The van der Waals surface area contributed by atoms with Crippen LogP contribution in [0.25, 0.3) is 22.6 Å². The molecule has 0 unspecified atom stereocenters. The summed E-state index contributed by atoms with van der Waals surface area (Å²) >= 11 is 0. The van der Waals surface area contributed by atoms with E-state index in [2.05, 4.69) is 32.1 Å². The van der Waals surface area contributed by atoms with Crippen molar-refractivity contribution in [3.63, 3.8) is 0 Å². The second kappa shape index (κ2) is 12.0. The highest BCUT2D eigenvalue weighted by Crippen LogP contribution is 2.38. The van der Waals surface area contributed by atoms with Crippen molar-refractivity contribution in [1.82, 2.24) is 24.8 Å². The molecule has 9 heteroatoms. The Kier molecular flexibility index (Phi) is 8.10. The van der Waals surface area contributed by atoms with Gasteiger partial charge >= 0.3 is 0 Å². The van der Waals surface area contributed by atoms with E-state index in [0.717, 1.165) is 38.3 Å². The first-order valence-corrected chi connectivity index (χ1v) is 13.0. The van der Waals surface area contributed by atoms with Crippen molar-refractivity contribution >= 4 is 17.3 Å². The van der Waals surface area contributed by atoms with Crippen LogP contribution in [0.2, 0.25) is 0 Å². The highest BCUT2D eigenvalue weighted by atomic mass is 16.5. The molecule has 39 heavy (non-hydrogen) atoms. The lowest BCUT2D eigenvalue weighted by molar-refractivity contribution is 0.102. The van der Waals surface area contributed by atoms with E-state index in [-0.39, 0.29) is 5.91 Å². The number of nitrogen functional groups attached to an aromatic ring is 1. The van der Waals surface area contributed by atoms with E-state index in [0.29, 0.717) is 39.8 Å². The predicted octanol–water partition coefficient (Wildman–Crippen LogP) is 4.19. The summed E-state index contributed by atoms with van der Waals surface area (Å²) in [6.45, 7) is 5.22. The minimum absolute atomic E-state index is 0.245. The maximum absolute atomic E-state index is 13.1. The molecule has 9 nitrogen and oxygen atoms in total. The summed E-state index contributed by atoms with van der Waals surface area (Å²) < 4.78 is 5.57. The van der Waals surface area contributed by atoms with Gasteiger partial charge in [-0.2, -0.15) is 0 Å². The number of rotatable bonds is 7. The van der Waals surface area contributed by atoms with Crippen LogP contribution in [-0.2, 0) is 6.54 Å². The molecule has 0 atom stereocenters. The number of carbonyl (C=O) groups excluding carboxylic acids is 1. The average molecular weight is 524 g/mol. The molecule has 3 heterocycles.